The summed E-state index contributed by atoms with van der Waals surface area (Å²) in [4.78, 5) is 23.4. The van der Waals surface area contributed by atoms with Crippen molar-refractivity contribution >= 4 is 11.8 Å². The van der Waals surface area contributed by atoms with Crippen LogP contribution in [-0.4, -0.2) is 24.9 Å². The van der Waals surface area contributed by atoms with Crippen LogP contribution < -0.4 is 10.6 Å². The molecule has 5 heteroatoms. The van der Waals surface area contributed by atoms with Gasteiger partial charge in [0.05, 0.1) is 0 Å². The Morgan fingerprint density at radius 3 is 2.38 bits per heavy atom. The maximum absolute atomic E-state index is 13.4. The Bertz CT molecular complexity index is 599. The predicted molar refractivity (Wildman–Crippen MR) is 91.9 cm³/mol. The minimum Gasteiger partial charge on any atom is -0.355 e. The van der Waals surface area contributed by atoms with E-state index in [1.807, 2.05) is 0 Å². The molecule has 1 aromatic rings. The Balaban J connectivity index is 1.58. The van der Waals surface area contributed by atoms with E-state index >= 15 is 0 Å². The fraction of sp³-hybridized carbons (Fsp3) is 0.474. The van der Waals surface area contributed by atoms with Gasteiger partial charge in [-0.1, -0.05) is 29.8 Å². The molecule has 2 amide bonds. The summed E-state index contributed by atoms with van der Waals surface area (Å²) in [5, 5.41) is 5.43. The van der Waals surface area contributed by atoms with Crippen molar-refractivity contribution in [1.29, 1.82) is 0 Å². The molecule has 24 heavy (non-hydrogen) atoms. The summed E-state index contributed by atoms with van der Waals surface area (Å²) in [5.41, 5.74) is 1.96. The summed E-state index contributed by atoms with van der Waals surface area (Å²) in [6.45, 7) is 0.896. The molecule has 0 spiro atoms. The van der Waals surface area contributed by atoms with Gasteiger partial charge in [-0.15, -0.1) is 0 Å². The van der Waals surface area contributed by atoms with Crippen molar-refractivity contribution < 1.29 is 14.0 Å². The van der Waals surface area contributed by atoms with E-state index in [1.165, 1.54) is 24.5 Å². The molecule has 1 aromatic carbocycles. The summed E-state index contributed by atoms with van der Waals surface area (Å²) in [6, 6.07) is 6.47. The van der Waals surface area contributed by atoms with Crippen LogP contribution in [-0.2, 0) is 16.0 Å². The number of carbonyl (C=O) groups excluding carboxylic acids is 2. The first-order valence-electron chi connectivity index (χ1n) is 8.60. The van der Waals surface area contributed by atoms with Gasteiger partial charge in [-0.25, -0.2) is 4.39 Å². The Labute approximate surface area is 142 Å². The van der Waals surface area contributed by atoms with Gasteiger partial charge in [0.25, 0.3) is 0 Å². The maximum atomic E-state index is 13.4. The molecular formula is C19H25FN2O2. The zero-order valence-electron chi connectivity index (χ0n) is 13.9. The van der Waals surface area contributed by atoms with Gasteiger partial charge in [-0.2, -0.15) is 0 Å². The summed E-state index contributed by atoms with van der Waals surface area (Å²) in [5.74, 6) is -0.878. The van der Waals surface area contributed by atoms with E-state index in [0.717, 1.165) is 19.3 Å². The lowest BCUT2D eigenvalue weighted by molar-refractivity contribution is -0.129. The molecule has 0 unspecified atom stereocenters. The van der Waals surface area contributed by atoms with Gasteiger partial charge in [0, 0.05) is 13.1 Å². The summed E-state index contributed by atoms with van der Waals surface area (Å²) in [7, 11) is 0. The number of nitrogens with one attached hydrogen (secondary N) is 2. The molecule has 4 nitrogen and oxygen atoms in total. The van der Waals surface area contributed by atoms with Gasteiger partial charge >= 0.3 is 0 Å². The Morgan fingerprint density at radius 1 is 1.00 bits per heavy atom. The Kier molecular flexibility index (Phi) is 7.46. The zero-order chi connectivity index (χ0) is 17.2. The Hall–Kier alpha value is -2.17. The first-order chi connectivity index (χ1) is 11.6. The lowest BCUT2D eigenvalue weighted by Gasteiger charge is -2.13. The van der Waals surface area contributed by atoms with Crippen molar-refractivity contribution in [1.82, 2.24) is 10.6 Å². The third-order valence-corrected chi connectivity index (χ3v) is 4.15. The molecule has 0 atom stereocenters. The van der Waals surface area contributed by atoms with Gasteiger partial charge in [0.1, 0.15) is 12.2 Å². The van der Waals surface area contributed by atoms with Crippen LogP contribution in [0.25, 0.3) is 0 Å². The first kappa shape index (κ1) is 18.2. The molecule has 0 bridgehead atoms. The fourth-order valence-electron chi connectivity index (χ4n) is 2.80. The second-order valence-electron chi connectivity index (χ2n) is 6.08. The molecule has 0 aromatic heterocycles. The number of halogens is 1. The average molecular weight is 332 g/mol. The van der Waals surface area contributed by atoms with Crippen molar-refractivity contribution in [3.05, 3.63) is 47.3 Å². The summed E-state index contributed by atoms with van der Waals surface area (Å²) in [6.07, 6.45) is 8.07. The highest BCUT2D eigenvalue weighted by Gasteiger charge is 2.10. The summed E-state index contributed by atoms with van der Waals surface area (Å²) >= 11 is 0. The van der Waals surface area contributed by atoms with Crippen LogP contribution in [0.3, 0.4) is 0 Å². The largest absolute Gasteiger partial charge is 0.355 e. The molecular weight excluding hydrogens is 307 g/mol. The van der Waals surface area contributed by atoms with E-state index in [4.69, 9.17) is 0 Å². The van der Waals surface area contributed by atoms with Gasteiger partial charge in [0.15, 0.2) is 0 Å². The van der Waals surface area contributed by atoms with Crippen molar-refractivity contribution in [2.24, 2.45) is 0 Å². The van der Waals surface area contributed by atoms with Crippen molar-refractivity contribution in [2.75, 3.05) is 13.1 Å². The molecule has 0 saturated carbocycles. The van der Waals surface area contributed by atoms with Gasteiger partial charge in [0.2, 0.25) is 11.8 Å². The number of allylic oxidation sites excluding steroid dienone is 1. The number of hydrogen-bond acceptors (Lipinski definition) is 2. The molecule has 0 radical (unpaired) electrons. The van der Waals surface area contributed by atoms with Crippen molar-refractivity contribution in [3.8, 4) is 0 Å². The molecule has 0 saturated heterocycles. The predicted octanol–water partition coefficient (Wildman–Crippen LogP) is 2.88. The average Bonchev–Trinajstić information content (AvgIpc) is 2.57. The molecule has 130 valence electrons. The maximum Gasteiger partial charge on any atom is 0.229 e. The van der Waals surface area contributed by atoms with E-state index in [1.54, 1.807) is 18.2 Å². The highest BCUT2D eigenvalue weighted by molar-refractivity contribution is 5.96. The van der Waals surface area contributed by atoms with Crippen LogP contribution in [0.4, 0.5) is 4.39 Å². The monoisotopic (exact) mass is 332 g/mol. The van der Waals surface area contributed by atoms with Crippen LogP contribution in [0.5, 0.6) is 0 Å². The minimum absolute atomic E-state index is 0.184. The quantitative estimate of drug-likeness (QED) is 0.568. The van der Waals surface area contributed by atoms with Crippen molar-refractivity contribution in [2.45, 2.75) is 44.9 Å². The van der Waals surface area contributed by atoms with E-state index in [2.05, 4.69) is 16.7 Å². The lowest BCUT2D eigenvalue weighted by atomic mass is 9.97. The fourth-order valence-corrected chi connectivity index (χ4v) is 2.80. The smallest absolute Gasteiger partial charge is 0.229 e. The zero-order valence-corrected chi connectivity index (χ0v) is 13.9. The number of carbonyl (C=O) groups is 2. The molecule has 0 fully saturated rings. The van der Waals surface area contributed by atoms with Crippen molar-refractivity contribution in [3.63, 3.8) is 0 Å². The summed E-state index contributed by atoms with van der Waals surface area (Å²) < 4.78 is 13.4. The molecule has 2 N–H and O–H groups in total. The van der Waals surface area contributed by atoms with E-state index in [-0.39, 0.29) is 24.1 Å². The van der Waals surface area contributed by atoms with E-state index in [9.17, 15) is 14.0 Å². The van der Waals surface area contributed by atoms with Gasteiger partial charge in [-0.05, 0) is 50.2 Å². The number of rotatable bonds is 8. The van der Waals surface area contributed by atoms with Crippen LogP contribution in [0, 0.1) is 5.82 Å². The number of benzene rings is 1. The van der Waals surface area contributed by atoms with Gasteiger partial charge < -0.3 is 10.6 Å². The first-order valence-corrected chi connectivity index (χ1v) is 8.60. The molecule has 0 aliphatic heterocycles. The highest BCUT2D eigenvalue weighted by Crippen LogP contribution is 2.19. The minimum atomic E-state index is -0.333. The SMILES string of the molecule is O=C(CC(=O)NCCc1ccccc1F)NCCC1=CCCCC1. The van der Waals surface area contributed by atoms with E-state index in [0.29, 0.717) is 25.1 Å². The van der Waals surface area contributed by atoms with Crippen LogP contribution >= 0.6 is 0 Å². The number of amides is 2. The molecule has 1 aliphatic rings. The highest BCUT2D eigenvalue weighted by atomic mass is 19.1. The molecule has 2 rings (SSSR count). The molecule has 0 heterocycles. The van der Waals surface area contributed by atoms with Crippen LogP contribution in [0.2, 0.25) is 0 Å². The van der Waals surface area contributed by atoms with Gasteiger partial charge in [-0.3, -0.25) is 9.59 Å². The van der Waals surface area contributed by atoms with Crippen LogP contribution in [0.1, 0.15) is 44.1 Å². The standard InChI is InChI=1S/C19H25FN2O2/c20-17-9-5-4-8-16(17)11-13-22-19(24)14-18(23)21-12-10-15-6-2-1-3-7-15/h4-6,8-9H,1-3,7,10-14H2,(H,21,23)(H,22,24). The molecule has 1 aliphatic carbocycles. The second-order valence-corrected chi connectivity index (χ2v) is 6.08. The number of hydrogen-bond donors (Lipinski definition) is 2. The normalized spacial score (nSPS) is 14.0. The third kappa shape index (κ3) is 6.52. The topological polar surface area (TPSA) is 58.2 Å². The second kappa shape index (κ2) is 9.85. The third-order valence-electron chi connectivity index (χ3n) is 4.15. The van der Waals surface area contributed by atoms with E-state index < -0.39 is 0 Å². The Morgan fingerprint density at radius 2 is 1.71 bits per heavy atom. The lowest BCUT2D eigenvalue weighted by Crippen LogP contribution is -2.33. The van der Waals surface area contributed by atoms with Crippen LogP contribution in [0.15, 0.2) is 35.9 Å².